The minimum atomic E-state index is -0.275. The van der Waals surface area contributed by atoms with Gasteiger partial charge in [-0.1, -0.05) is 12.1 Å². The molecule has 0 spiro atoms. The van der Waals surface area contributed by atoms with Crippen LogP contribution in [0.4, 0.5) is 4.39 Å². The molecule has 0 atom stereocenters. The Hall–Kier alpha value is -1.77. The lowest BCUT2D eigenvalue weighted by Gasteiger charge is -1.97. The summed E-state index contributed by atoms with van der Waals surface area (Å²) in [4.78, 5) is 7.79. The van der Waals surface area contributed by atoms with E-state index in [-0.39, 0.29) is 5.82 Å². The van der Waals surface area contributed by atoms with E-state index < -0.39 is 0 Å². The Morgan fingerprint density at radius 1 is 1.31 bits per heavy atom. The third-order valence-corrected chi connectivity index (χ3v) is 1.63. The van der Waals surface area contributed by atoms with Crippen LogP contribution in [0.1, 0.15) is 0 Å². The number of aromatic nitrogens is 2. The number of hydrogen-bond acceptors (Lipinski definition) is 2. The summed E-state index contributed by atoms with van der Waals surface area (Å²) in [5.41, 5.74) is 1.34. The van der Waals surface area contributed by atoms with E-state index in [4.69, 9.17) is 0 Å². The second-order valence-electron chi connectivity index (χ2n) is 2.54. The number of benzene rings is 1. The van der Waals surface area contributed by atoms with Gasteiger partial charge >= 0.3 is 0 Å². The highest BCUT2D eigenvalue weighted by molar-refractivity contribution is 5.57. The van der Waals surface area contributed by atoms with E-state index in [1.165, 1.54) is 18.3 Å². The zero-order valence-electron chi connectivity index (χ0n) is 6.74. The van der Waals surface area contributed by atoms with Crippen molar-refractivity contribution in [2.45, 2.75) is 0 Å². The number of nitrogens with zero attached hydrogens (tertiary/aromatic N) is 2. The Morgan fingerprint density at radius 3 is 2.92 bits per heavy atom. The van der Waals surface area contributed by atoms with Crippen molar-refractivity contribution in [1.82, 2.24) is 9.97 Å². The zero-order valence-corrected chi connectivity index (χ0v) is 6.74. The first-order chi connectivity index (χ1) is 6.36. The maximum absolute atomic E-state index is 12.8. The summed E-state index contributed by atoms with van der Waals surface area (Å²) in [6, 6.07) is 6.22. The van der Waals surface area contributed by atoms with Gasteiger partial charge in [0, 0.05) is 5.56 Å². The van der Waals surface area contributed by atoms with Crippen molar-refractivity contribution in [2.75, 3.05) is 0 Å². The van der Waals surface area contributed by atoms with Crippen LogP contribution >= 0.6 is 0 Å². The maximum atomic E-state index is 12.8. The molecule has 0 fully saturated rings. The first kappa shape index (κ1) is 7.86. The summed E-state index contributed by atoms with van der Waals surface area (Å²) >= 11 is 0. The van der Waals surface area contributed by atoms with Gasteiger partial charge in [0.15, 0.2) is 0 Å². The highest BCUT2D eigenvalue weighted by atomic mass is 19.1. The van der Waals surface area contributed by atoms with Gasteiger partial charge in [0.05, 0.1) is 18.1 Å². The molecule has 1 aromatic heterocycles. The molecule has 0 unspecified atom stereocenters. The van der Waals surface area contributed by atoms with Crippen LogP contribution in [0.5, 0.6) is 0 Å². The fourth-order valence-corrected chi connectivity index (χ4v) is 1.06. The molecule has 0 aliphatic carbocycles. The molecule has 0 N–H and O–H groups in total. The van der Waals surface area contributed by atoms with Crippen LogP contribution in [0.3, 0.4) is 0 Å². The minimum absolute atomic E-state index is 0.275. The first-order valence-corrected chi connectivity index (χ1v) is 3.80. The van der Waals surface area contributed by atoms with Crippen molar-refractivity contribution in [1.29, 1.82) is 0 Å². The molecule has 0 saturated carbocycles. The van der Waals surface area contributed by atoms with Crippen LogP contribution in [0.2, 0.25) is 0 Å². The van der Waals surface area contributed by atoms with Gasteiger partial charge in [0.25, 0.3) is 0 Å². The average Bonchev–Trinajstić information content (AvgIpc) is 2.19. The van der Waals surface area contributed by atoms with Crippen LogP contribution in [-0.4, -0.2) is 9.97 Å². The van der Waals surface area contributed by atoms with Crippen molar-refractivity contribution in [3.63, 3.8) is 0 Å². The van der Waals surface area contributed by atoms with Gasteiger partial charge in [-0.2, -0.15) is 0 Å². The lowest BCUT2D eigenvalue weighted by atomic mass is 10.1. The molecule has 2 rings (SSSR count). The Morgan fingerprint density at radius 2 is 2.23 bits per heavy atom. The largest absolute Gasteiger partial charge is 0.260 e. The molecule has 0 saturated heterocycles. The third-order valence-electron chi connectivity index (χ3n) is 1.63. The highest BCUT2D eigenvalue weighted by Crippen LogP contribution is 2.15. The van der Waals surface area contributed by atoms with Gasteiger partial charge in [0.1, 0.15) is 12.0 Å². The molecule has 2 aromatic rings. The van der Waals surface area contributed by atoms with E-state index in [1.54, 1.807) is 18.3 Å². The SMILES string of the molecule is Fc1cccc(-c2cnc[c]n2)c1. The van der Waals surface area contributed by atoms with Gasteiger partial charge in [-0.05, 0) is 12.1 Å². The Labute approximate surface area is 75.1 Å². The van der Waals surface area contributed by atoms with Crippen molar-refractivity contribution >= 4 is 0 Å². The molecule has 13 heavy (non-hydrogen) atoms. The summed E-state index contributed by atoms with van der Waals surface area (Å²) in [5.74, 6) is -0.275. The normalized spacial score (nSPS) is 9.92. The van der Waals surface area contributed by atoms with Crippen LogP contribution in [0.15, 0.2) is 36.7 Å². The minimum Gasteiger partial charge on any atom is -0.260 e. The topological polar surface area (TPSA) is 25.8 Å². The predicted octanol–water partition coefficient (Wildman–Crippen LogP) is 2.08. The summed E-state index contributed by atoms with van der Waals surface area (Å²) in [6.07, 6.45) is 5.63. The van der Waals surface area contributed by atoms with Gasteiger partial charge in [-0.25, -0.2) is 9.37 Å². The van der Waals surface area contributed by atoms with E-state index in [9.17, 15) is 4.39 Å². The molecule has 63 valence electrons. The van der Waals surface area contributed by atoms with Crippen molar-refractivity contribution in [3.05, 3.63) is 48.7 Å². The van der Waals surface area contributed by atoms with Gasteiger partial charge in [0.2, 0.25) is 0 Å². The molecule has 1 heterocycles. The number of rotatable bonds is 1. The summed E-state index contributed by atoms with van der Waals surface area (Å²) in [7, 11) is 0. The van der Waals surface area contributed by atoms with E-state index in [0.717, 1.165) is 0 Å². The van der Waals surface area contributed by atoms with E-state index in [0.29, 0.717) is 11.3 Å². The van der Waals surface area contributed by atoms with Crippen molar-refractivity contribution < 1.29 is 4.39 Å². The quantitative estimate of drug-likeness (QED) is 0.659. The molecule has 0 amide bonds. The third kappa shape index (κ3) is 1.69. The van der Waals surface area contributed by atoms with Crippen LogP contribution in [0.25, 0.3) is 11.3 Å². The average molecular weight is 173 g/mol. The molecular formula is C10H6FN2. The monoisotopic (exact) mass is 173 g/mol. The van der Waals surface area contributed by atoms with E-state index >= 15 is 0 Å². The second kappa shape index (κ2) is 3.31. The molecule has 2 nitrogen and oxygen atoms in total. The lowest BCUT2D eigenvalue weighted by Crippen LogP contribution is -1.84. The number of hydrogen-bond donors (Lipinski definition) is 0. The van der Waals surface area contributed by atoms with Crippen molar-refractivity contribution in [3.8, 4) is 11.3 Å². The standard InChI is InChI=1S/C10H6FN2/c11-9-3-1-2-8(6-9)10-7-12-4-5-13-10/h1-4,6-7H. The predicted molar refractivity (Wildman–Crippen MR) is 46.3 cm³/mol. The van der Waals surface area contributed by atoms with Gasteiger partial charge < -0.3 is 0 Å². The van der Waals surface area contributed by atoms with E-state index in [1.807, 2.05) is 0 Å². The second-order valence-corrected chi connectivity index (χ2v) is 2.54. The first-order valence-electron chi connectivity index (χ1n) is 3.80. The molecule has 3 heteroatoms. The van der Waals surface area contributed by atoms with E-state index in [2.05, 4.69) is 16.2 Å². The molecule has 0 aliphatic heterocycles. The summed E-state index contributed by atoms with van der Waals surface area (Å²) in [6.45, 7) is 0. The molecular weight excluding hydrogens is 167 g/mol. The van der Waals surface area contributed by atoms with Gasteiger partial charge in [-0.15, -0.1) is 0 Å². The highest BCUT2D eigenvalue weighted by Gasteiger charge is 1.98. The molecule has 1 radical (unpaired) electrons. The Kier molecular flexibility index (Phi) is 2.00. The molecule has 0 aliphatic rings. The number of halogens is 1. The van der Waals surface area contributed by atoms with Crippen LogP contribution in [0, 0.1) is 12.0 Å². The Bertz CT molecular complexity index is 401. The molecule has 0 bridgehead atoms. The smallest absolute Gasteiger partial charge is 0.123 e. The summed E-state index contributed by atoms with van der Waals surface area (Å²) in [5, 5.41) is 0. The van der Waals surface area contributed by atoms with Crippen LogP contribution < -0.4 is 0 Å². The van der Waals surface area contributed by atoms with Gasteiger partial charge in [-0.3, -0.25) is 4.98 Å². The Balaban J connectivity index is 2.48. The van der Waals surface area contributed by atoms with Crippen molar-refractivity contribution in [2.24, 2.45) is 0 Å². The lowest BCUT2D eigenvalue weighted by molar-refractivity contribution is 0.628. The fraction of sp³-hybridized carbons (Fsp3) is 0. The summed E-state index contributed by atoms with van der Waals surface area (Å²) < 4.78 is 12.8. The molecule has 1 aromatic carbocycles. The fourth-order valence-electron chi connectivity index (χ4n) is 1.06. The maximum Gasteiger partial charge on any atom is 0.123 e. The van der Waals surface area contributed by atoms with Crippen LogP contribution in [-0.2, 0) is 0 Å². The zero-order chi connectivity index (χ0) is 9.10.